The van der Waals surface area contributed by atoms with Crippen LogP contribution in [0.1, 0.15) is 12.8 Å². The minimum absolute atomic E-state index is 0. The van der Waals surface area contributed by atoms with Crippen LogP contribution in [0.2, 0.25) is 0 Å². The summed E-state index contributed by atoms with van der Waals surface area (Å²) in [4.78, 5) is 0.232. The van der Waals surface area contributed by atoms with Crippen molar-refractivity contribution >= 4 is 22.4 Å². The predicted octanol–water partition coefficient (Wildman–Crippen LogP) is 0.991. The van der Waals surface area contributed by atoms with Crippen LogP contribution in [0, 0.1) is 0 Å². The van der Waals surface area contributed by atoms with E-state index >= 15 is 0 Å². The third-order valence-corrected chi connectivity index (χ3v) is 5.43. The minimum atomic E-state index is -3.51. The van der Waals surface area contributed by atoms with Gasteiger partial charge in [-0.05, 0) is 25.0 Å². The number of sulfonamides is 1. The van der Waals surface area contributed by atoms with Gasteiger partial charge in [-0.2, -0.15) is 4.31 Å². The number of ether oxygens (including phenoxy) is 2. The fourth-order valence-corrected chi connectivity index (χ4v) is 4.08. The largest absolute Gasteiger partial charge is 0.486 e. The van der Waals surface area contributed by atoms with Crippen molar-refractivity contribution in [1.29, 1.82) is 0 Å². The zero-order chi connectivity index (χ0) is 14.2. The number of nitrogens with two attached hydrogens (primary N) is 1. The minimum Gasteiger partial charge on any atom is -0.486 e. The van der Waals surface area contributed by atoms with Crippen LogP contribution in [0.15, 0.2) is 23.1 Å². The Balaban J connectivity index is 0.00000161. The molecule has 0 aliphatic carbocycles. The van der Waals surface area contributed by atoms with Crippen LogP contribution >= 0.6 is 12.4 Å². The van der Waals surface area contributed by atoms with E-state index in [-0.39, 0.29) is 23.3 Å². The van der Waals surface area contributed by atoms with Gasteiger partial charge in [-0.3, -0.25) is 0 Å². The fraction of sp³-hybridized carbons (Fsp3) is 0.538. The Bertz CT molecular complexity index is 608. The predicted molar refractivity (Wildman–Crippen MR) is 80.6 cm³/mol. The van der Waals surface area contributed by atoms with Gasteiger partial charge in [-0.25, -0.2) is 8.42 Å². The van der Waals surface area contributed by atoms with Crippen LogP contribution in [-0.4, -0.2) is 45.1 Å². The van der Waals surface area contributed by atoms with Gasteiger partial charge < -0.3 is 15.2 Å². The van der Waals surface area contributed by atoms with E-state index in [1.807, 2.05) is 0 Å². The summed E-state index contributed by atoms with van der Waals surface area (Å²) in [6, 6.07) is 4.65. The lowest BCUT2D eigenvalue weighted by atomic mass is 10.1. The molecule has 0 unspecified atom stereocenters. The fourth-order valence-electron chi connectivity index (χ4n) is 2.53. The summed E-state index contributed by atoms with van der Waals surface area (Å²) in [5, 5.41) is 0. The van der Waals surface area contributed by atoms with E-state index < -0.39 is 10.0 Å². The lowest BCUT2D eigenvalue weighted by Crippen LogP contribution is -2.45. The molecule has 2 aliphatic rings. The molecule has 6 nitrogen and oxygen atoms in total. The number of fused-ring (bicyclic) bond motifs is 1. The van der Waals surface area contributed by atoms with Crippen molar-refractivity contribution in [3.8, 4) is 11.5 Å². The van der Waals surface area contributed by atoms with Gasteiger partial charge in [0.25, 0.3) is 0 Å². The highest BCUT2D eigenvalue weighted by Crippen LogP contribution is 2.33. The molecule has 0 bridgehead atoms. The molecule has 2 N–H and O–H groups in total. The van der Waals surface area contributed by atoms with Crippen molar-refractivity contribution < 1.29 is 17.9 Å². The molecule has 2 aliphatic heterocycles. The highest BCUT2D eigenvalue weighted by atomic mass is 35.5. The lowest BCUT2D eigenvalue weighted by Gasteiger charge is -2.30. The number of hydrogen-bond acceptors (Lipinski definition) is 5. The second-order valence-electron chi connectivity index (χ2n) is 5.07. The van der Waals surface area contributed by atoms with Crippen LogP contribution in [0.25, 0.3) is 0 Å². The van der Waals surface area contributed by atoms with E-state index in [2.05, 4.69) is 0 Å². The molecule has 1 atom stereocenters. The third-order valence-electron chi connectivity index (χ3n) is 3.57. The summed E-state index contributed by atoms with van der Waals surface area (Å²) in [6.07, 6.45) is 1.66. The van der Waals surface area contributed by atoms with Crippen molar-refractivity contribution in [3.63, 3.8) is 0 Å². The Hall–Kier alpha value is -1.02. The molecule has 0 radical (unpaired) electrons. The number of benzene rings is 1. The Morgan fingerprint density at radius 3 is 2.62 bits per heavy atom. The van der Waals surface area contributed by atoms with Gasteiger partial charge in [0.05, 0.1) is 4.90 Å². The third kappa shape index (κ3) is 3.26. The highest BCUT2D eigenvalue weighted by Gasteiger charge is 2.29. The molecule has 0 amide bonds. The first-order valence-electron chi connectivity index (χ1n) is 6.73. The zero-order valence-electron chi connectivity index (χ0n) is 11.5. The van der Waals surface area contributed by atoms with Crippen molar-refractivity contribution in [3.05, 3.63) is 18.2 Å². The molecule has 0 spiro atoms. The number of rotatable bonds is 2. The average Bonchev–Trinajstić information content (AvgIpc) is 2.46. The smallest absolute Gasteiger partial charge is 0.243 e. The van der Waals surface area contributed by atoms with Crippen molar-refractivity contribution in [2.45, 2.75) is 23.8 Å². The first-order chi connectivity index (χ1) is 9.57. The Labute approximate surface area is 130 Å². The average molecular weight is 335 g/mol. The number of nitrogens with zero attached hydrogens (tertiary/aromatic N) is 1. The van der Waals surface area contributed by atoms with Crippen LogP contribution < -0.4 is 15.2 Å². The van der Waals surface area contributed by atoms with E-state index in [1.54, 1.807) is 12.1 Å². The summed E-state index contributed by atoms with van der Waals surface area (Å²) in [6.45, 7) is 1.81. The number of hydrogen-bond donors (Lipinski definition) is 1. The summed E-state index contributed by atoms with van der Waals surface area (Å²) in [5.74, 6) is 1.07. The molecule has 8 heteroatoms. The maximum Gasteiger partial charge on any atom is 0.243 e. The summed E-state index contributed by atoms with van der Waals surface area (Å²) in [7, 11) is -3.51. The Morgan fingerprint density at radius 1 is 1.19 bits per heavy atom. The van der Waals surface area contributed by atoms with Gasteiger partial charge in [0.2, 0.25) is 10.0 Å². The molecule has 1 aromatic carbocycles. The number of halogens is 1. The molecule has 2 heterocycles. The molecule has 21 heavy (non-hydrogen) atoms. The first kappa shape index (κ1) is 16.4. The summed E-state index contributed by atoms with van der Waals surface area (Å²) < 4.78 is 37.5. The van der Waals surface area contributed by atoms with Crippen LogP contribution in [0.4, 0.5) is 0 Å². The molecule has 0 aromatic heterocycles. The van der Waals surface area contributed by atoms with Gasteiger partial charge in [-0.15, -0.1) is 12.4 Å². The standard InChI is InChI=1S/C13H18N2O4S.ClH/c14-10-2-1-5-15(9-10)20(16,17)11-3-4-12-13(8-11)19-7-6-18-12;/h3-4,8,10H,1-2,5-7,9,14H2;1H/t10-;/m1./s1. The van der Waals surface area contributed by atoms with Gasteiger partial charge in [0.15, 0.2) is 11.5 Å². The van der Waals surface area contributed by atoms with Crippen molar-refractivity contribution in [2.24, 2.45) is 5.73 Å². The van der Waals surface area contributed by atoms with E-state index in [0.29, 0.717) is 37.8 Å². The van der Waals surface area contributed by atoms with Crippen molar-refractivity contribution in [2.75, 3.05) is 26.3 Å². The molecule has 1 fully saturated rings. The lowest BCUT2D eigenvalue weighted by molar-refractivity contribution is 0.171. The monoisotopic (exact) mass is 334 g/mol. The Kier molecular flexibility index (Phi) is 4.98. The second-order valence-corrected chi connectivity index (χ2v) is 7.01. The number of piperidine rings is 1. The molecule has 0 saturated carbocycles. The van der Waals surface area contributed by atoms with Gasteiger partial charge in [-0.1, -0.05) is 0 Å². The van der Waals surface area contributed by atoms with Crippen LogP contribution in [0.5, 0.6) is 11.5 Å². The molecule has 3 rings (SSSR count). The molecule has 1 aromatic rings. The molecular weight excluding hydrogens is 316 g/mol. The maximum absolute atomic E-state index is 12.6. The van der Waals surface area contributed by atoms with E-state index in [0.717, 1.165) is 12.8 Å². The molecule has 118 valence electrons. The topological polar surface area (TPSA) is 81.9 Å². The quantitative estimate of drug-likeness (QED) is 0.872. The second kappa shape index (κ2) is 6.39. The molecular formula is C13H19ClN2O4S. The van der Waals surface area contributed by atoms with E-state index in [1.165, 1.54) is 10.4 Å². The molecule has 1 saturated heterocycles. The highest BCUT2D eigenvalue weighted by molar-refractivity contribution is 7.89. The van der Waals surface area contributed by atoms with Crippen LogP contribution in [-0.2, 0) is 10.0 Å². The Morgan fingerprint density at radius 2 is 1.90 bits per heavy atom. The summed E-state index contributed by atoms with van der Waals surface area (Å²) in [5.41, 5.74) is 5.86. The van der Waals surface area contributed by atoms with Gasteiger partial charge in [0.1, 0.15) is 13.2 Å². The first-order valence-corrected chi connectivity index (χ1v) is 8.17. The summed E-state index contributed by atoms with van der Waals surface area (Å²) >= 11 is 0. The van der Waals surface area contributed by atoms with E-state index in [9.17, 15) is 8.42 Å². The van der Waals surface area contributed by atoms with Crippen molar-refractivity contribution in [1.82, 2.24) is 4.31 Å². The van der Waals surface area contributed by atoms with Crippen LogP contribution in [0.3, 0.4) is 0 Å². The SMILES string of the molecule is Cl.N[C@@H]1CCCN(S(=O)(=O)c2ccc3c(c2)OCCO3)C1. The normalized spacial score (nSPS) is 22.4. The van der Waals surface area contributed by atoms with Gasteiger partial charge >= 0.3 is 0 Å². The van der Waals surface area contributed by atoms with E-state index in [4.69, 9.17) is 15.2 Å². The maximum atomic E-state index is 12.6. The zero-order valence-corrected chi connectivity index (χ0v) is 13.2. The van der Waals surface area contributed by atoms with Gasteiger partial charge in [0, 0.05) is 25.2 Å².